The van der Waals surface area contributed by atoms with Crippen molar-refractivity contribution in [2.24, 2.45) is 0 Å². The van der Waals surface area contributed by atoms with Gasteiger partial charge in [0.2, 0.25) is 0 Å². The van der Waals surface area contributed by atoms with Gasteiger partial charge in [-0.15, -0.1) is 0 Å². The fraction of sp³-hybridized carbons (Fsp3) is 0.389. The standard InChI is InChI=1S/C18H21FN2O4/c1-23-11-14-5-6-17(25-14)16-4-3-7-21(16)18(22)20-13-8-12(19)9-15(10-13)24-2/h5-6,8-10,16H,3-4,7,11H2,1-2H3,(H,20,22). The van der Waals surface area contributed by atoms with Gasteiger partial charge in [-0.3, -0.25) is 0 Å². The summed E-state index contributed by atoms with van der Waals surface area (Å²) in [6.45, 7) is 1.01. The summed E-state index contributed by atoms with van der Waals surface area (Å²) in [7, 11) is 3.05. The van der Waals surface area contributed by atoms with Crippen LogP contribution < -0.4 is 10.1 Å². The molecule has 1 aromatic heterocycles. The van der Waals surface area contributed by atoms with Crippen LogP contribution in [-0.4, -0.2) is 31.7 Å². The van der Waals surface area contributed by atoms with Crippen molar-refractivity contribution in [3.05, 3.63) is 47.7 Å². The summed E-state index contributed by atoms with van der Waals surface area (Å²) in [4.78, 5) is 14.3. The SMILES string of the molecule is COCc1ccc(C2CCCN2C(=O)Nc2cc(F)cc(OC)c2)o1. The van der Waals surface area contributed by atoms with Crippen LogP contribution in [0.3, 0.4) is 0 Å². The molecule has 25 heavy (non-hydrogen) atoms. The van der Waals surface area contributed by atoms with Crippen LogP contribution in [0, 0.1) is 5.82 Å². The van der Waals surface area contributed by atoms with Crippen molar-refractivity contribution in [1.29, 1.82) is 0 Å². The minimum Gasteiger partial charge on any atom is -0.497 e. The van der Waals surface area contributed by atoms with Gasteiger partial charge in [0.15, 0.2) is 0 Å². The van der Waals surface area contributed by atoms with Crippen molar-refractivity contribution >= 4 is 11.7 Å². The summed E-state index contributed by atoms with van der Waals surface area (Å²) in [5, 5.41) is 2.73. The van der Waals surface area contributed by atoms with E-state index in [9.17, 15) is 9.18 Å². The molecule has 0 radical (unpaired) electrons. The number of nitrogens with zero attached hydrogens (tertiary/aromatic N) is 1. The first-order chi connectivity index (χ1) is 12.1. The van der Waals surface area contributed by atoms with E-state index in [-0.39, 0.29) is 12.1 Å². The molecule has 1 atom stereocenters. The van der Waals surface area contributed by atoms with Gasteiger partial charge in [-0.25, -0.2) is 9.18 Å². The molecule has 6 nitrogen and oxygen atoms in total. The van der Waals surface area contributed by atoms with Crippen LogP contribution in [0.5, 0.6) is 5.75 Å². The second kappa shape index (κ2) is 7.57. The largest absolute Gasteiger partial charge is 0.497 e. The molecule has 0 spiro atoms. The van der Waals surface area contributed by atoms with Gasteiger partial charge in [0.05, 0.1) is 13.2 Å². The predicted molar refractivity (Wildman–Crippen MR) is 90.1 cm³/mol. The maximum Gasteiger partial charge on any atom is 0.322 e. The lowest BCUT2D eigenvalue weighted by Crippen LogP contribution is -2.34. The predicted octanol–water partition coefficient (Wildman–Crippen LogP) is 3.94. The Morgan fingerprint density at radius 2 is 2.20 bits per heavy atom. The lowest BCUT2D eigenvalue weighted by atomic mass is 10.2. The topological polar surface area (TPSA) is 63.9 Å². The minimum absolute atomic E-state index is 0.138. The number of halogens is 1. The lowest BCUT2D eigenvalue weighted by molar-refractivity contribution is 0.157. The lowest BCUT2D eigenvalue weighted by Gasteiger charge is -2.23. The first-order valence-electron chi connectivity index (χ1n) is 8.10. The van der Waals surface area contributed by atoms with Crippen LogP contribution in [0.4, 0.5) is 14.9 Å². The summed E-state index contributed by atoms with van der Waals surface area (Å²) < 4.78 is 29.4. The number of likely N-dealkylation sites (tertiary alicyclic amines) is 1. The Labute approximate surface area is 145 Å². The second-order valence-corrected chi connectivity index (χ2v) is 5.90. The fourth-order valence-electron chi connectivity index (χ4n) is 3.05. The normalized spacial score (nSPS) is 16.9. The molecule has 0 aliphatic carbocycles. The highest BCUT2D eigenvalue weighted by molar-refractivity contribution is 5.90. The molecule has 134 valence electrons. The number of rotatable bonds is 5. The number of methoxy groups -OCH3 is 2. The number of urea groups is 1. The molecule has 7 heteroatoms. The highest BCUT2D eigenvalue weighted by atomic mass is 19.1. The molecule has 2 amide bonds. The van der Waals surface area contributed by atoms with E-state index in [1.165, 1.54) is 19.2 Å². The van der Waals surface area contributed by atoms with Gasteiger partial charge in [0, 0.05) is 31.5 Å². The first-order valence-corrected chi connectivity index (χ1v) is 8.10. The number of benzene rings is 1. The molecule has 1 fully saturated rings. The van der Waals surface area contributed by atoms with Crippen LogP contribution in [-0.2, 0) is 11.3 Å². The first kappa shape index (κ1) is 17.3. The van der Waals surface area contributed by atoms with Crippen molar-refractivity contribution in [3.8, 4) is 5.75 Å². The van der Waals surface area contributed by atoms with Crippen molar-refractivity contribution in [1.82, 2.24) is 4.90 Å². The Bertz CT molecular complexity index is 746. The van der Waals surface area contributed by atoms with E-state index < -0.39 is 5.82 Å². The maximum atomic E-state index is 13.6. The molecule has 2 aromatic rings. The van der Waals surface area contributed by atoms with Gasteiger partial charge in [-0.05, 0) is 31.0 Å². The van der Waals surface area contributed by atoms with Crippen LogP contribution in [0.2, 0.25) is 0 Å². The molecule has 0 bridgehead atoms. The zero-order valence-corrected chi connectivity index (χ0v) is 14.3. The number of amides is 2. The van der Waals surface area contributed by atoms with E-state index in [0.717, 1.165) is 24.4 Å². The fourth-order valence-corrected chi connectivity index (χ4v) is 3.05. The Morgan fingerprint density at radius 1 is 1.36 bits per heavy atom. The third-order valence-corrected chi connectivity index (χ3v) is 4.17. The maximum absolute atomic E-state index is 13.6. The molecule has 1 saturated heterocycles. The van der Waals surface area contributed by atoms with E-state index in [4.69, 9.17) is 13.9 Å². The average Bonchev–Trinajstić information content (AvgIpc) is 3.23. The van der Waals surface area contributed by atoms with Crippen LogP contribution in [0.1, 0.15) is 30.4 Å². The van der Waals surface area contributed by atoms with E-state index in [1.54, 1.807) is 18.1 Å². The van der Waals surface area contributed by atoms with Crippen LogP contribution in [0.15, 0.2) is 34.7 Å². The molecule has 0 saturated carbocycles. The van der Waals surface area contributed by atoms with Crippen molar-refractivity contribution in [3.63, 3.8) is 0 Å². The summed E-state index contributed by atoms with van der Waals surface area (Å²) in [6.07, 6.45) is 1.70. The highest BCUT2D eigenvalue weighted by Crippen LogP contribution is 2.33. The molecular formula is C18H21FN2O4. The van der Waals surface area contributed by atoms with E-state index in [1.807, 2.05) is 12.1 Å². The third-order valence-electron chi connectivity index (χ3n) is 4.17. The number of ether oxygens (including phenoxy) is 2. The van der Waals surface area contributed by atoms with Crippen molar-refractivity contribution < 1.29 is 23.1 Å². The molecule has 1 unspecified atom stereocenters. The Kier molecular flexibility index (Phi) is 5.23. The molecule has 1 aromatic carbocycles. The van der Waals surface area contributed by atoms with Gasteiger partial charge in [-0.2, -0.15) is 0 Å². The smallest absolute Gasteiger partial charge is 0.322 e. The number of carbonyl (C=O) groups excluding carboxylic acids is 1. The van der Waals surface area contributed by atoms with Crippen molar-refractivity contribution in [2.75, 3.05) is 26.1 Å². The monoisotopic (exact) mass is 348 g/mol. The number of furan rings is 1. The highest BCUT2D eigenvalue weighted by Gasteiger charge is 2.32. The van der Waals surface area contributed by atoms with Gasteiger partial charge in [0.1, 0.15) is 29.7 Å². The van der Waals surface area contributed by atoms with Gasteiger partial charge in [0.25, 0.3) is 0 Å². The van der Waals surface area contributed by atoms with E-state index in [2.05, 4.69) is 5.32 Å². The number of carbonyl (C=O) groups is 1. The zero-order chi connectivity index (χ0) is 17.8. The number of hydrogen-bond donors (Lipinski definition) is 1. The Hall–Kier alpha value is -2.54. The number of nitrogens with one attached hydrogen (secondary N) is 1. The summed E-state index contributed by atoms with van der Waals surface area (Å²) in [5.74, 6) is 1.34. The number of anilines is 1. The molecule has 2 heterocycles. The quantitative estimate of drug-likeness (QED) is 0.889. The summed E-state index contributed by atoms with van der Waals surface area (Å²) in [5.41, 5.74) is 0.354. The van der Waals surface area contributed by atoms with Gasteiger partial charge >= 0.3 is 6.03 Å². The Morgan fingerprint density at radius 3 is 2.96 bits per heavy atom. The van der Waals surface area contributed by atoms with E-state index >= 15 is 0 Å². The Balaban J connectivity index is 1.73. The van der Waals surface area contributed by atoms with Gasteiger partial charge in [-0.1, -0.05) is 0 Å². The summed E-state index contributed by atoms with van der Waals surface area (Å²) >= 11 is 0. The third kappa shape index (κ3) is 3.93. The van der Waals surface area contributed by atoms with Crippen LogP contribution in [0.25, 0.3) is 0 Å². The average molecular weight is 348 g/mol. The molecule has 1 aliphatic heterocycles. The van der Waals surface area contributed by atoms with Crippen LogP contribution >= 0.6 is 0 Å². The molecule has 3 rings (SSSR count). The second-order valence-electron chi connectivity index (χ2n) is 5.90. The molecule has 1 N–H and O–H groups in total. The minimum atomic E-state index is -0.470. The van der Waals surface area contributed by atoms with E-state index in [0.29, 0.717) is 24.6 Å². The zero-order valence-electron chi connectivity index (χ0n) is 14.3. The molecular weight excluding hydrogens is 327 g/mol. The van der Waals surface area contributed by atoms with Crippen molar-refractivity contribution in [2.45, 2.75) is 25.5 Å². The number of hydrogen-bond acceptors (Lipinski definition) is 4. The van der Waals surface area contributed by atoms with Gasteiger partial charge < -0.3 is 24.1 Å². The summed E-state index contributed by atoms with van der Waals surface area (Å²) in [6, 6.07) is 7.39. The molecule has 1 aliphatic rings.